The van der Waals surface area contributed by atoms with E-state index >= 15 is 0 Å². The monoisotopic (exact) mass is 593 g/mol. The second kappa shape index (κ2) is 12.3. The molecule has 0 aliphatic heterocycles. The first-order valence-corrected chi connectivity index (χ1v) is 13.6. The van der Waals surface area contributed by atoms with Crippen molar-refractivity contribution in [2.24, 2.45) is 0 Å². The van der Waals surface area contributed by atoms with Crippen LogP contribution in [0, 0.1) is 0 Å². The summed E-state index contributed by atoms with van der Waals surface area (Å²) >= 11 is 9.38. The number of carbonyl (C=O) groups excluding carboxylic acids is 1. The van der Waals surface area contributed by atoms with Crippen LogP contribution in [0.15, 0.2) is 76.1 Å². The molecule has 0 saturated heterocycles. The molecule has 3 rings (SSSR count). The van der Waals surface area contributed by atoms with Gasteiger partial charge in [0, 0.05) is 11.1 Å². The molecule has 0 radical (unpaired) electrons. The topological polar surface area (TPSA) is 82.1 Å². The highest BCUT2D eigenvalue weighted by molar-refractivity contribution is 9.10. The van der Waals surface area contributed by atoms with Crippen LogP contribution in [0.3, 0.4) is 0 Å². The van der Waals surface area contributed by atoms with Crippen molar-refractivity contribution in [1.29, 1.82) is 0 Å². The van der Waals surface area contributed by atoms with Crippen molar-refractivity contribution in [3.05, 3.63) is 81.8 Å². The number of amides is 1. The molecule has 0 aromatic heterocycles. The Labute approximate surface area is 224 Å². The van der Waals surface area contributed by atoms with E-state index < -0.39 is 15.9 Å². The number of carbonyl (C=O) groups is 1. The molecule has 3 aromatic carbocycles. The first-order chi connectivity index (χ1) is 17.2. The van der Waals surface area contributed by atoms with Gasteiger partial charge < -0.3 is 14.2 Å². The van der Waals surface area contributed by atoms with Gasteiger partial charge in [0.15, 0.2) is 11.5 Å². The Morgan fingerprint density at radius 3 is 2.22 bits per heavy atom. The smallest absolute Gasteiger partial charge is 0.271 e. The number of ether oxygens (including phenoxy) is 3. The molecular weight excluding hydrogens is 570 g/mol. The number of anilines is 1. The van der Waals surface area contributed by atoms with Crippen LogP contribution in [0.25, 0.3) is 6.08 Å². The third-order valence-electron chi connectivity index (χ3n) is 4.89. The molecule has 10 heteroatoms. The summed E-state index contributed by atoms with van der Waals surface area (Å²) < 4.78 is 44.9. The number of methoxy groups -OCH3 is 1. The molecule has 1 amide bonds. The van der Waals surface area contributed by atoms with Crippen LogP contribution < -0.4 is 18.5 Å². The SMILES string of the molecule is CCOc1ccc(N(C(=O)/C=C/c2cc(Br)c(OCC)c(OC)c2)S(=O)(=O)c2ccc(Cl)cc2)cc1. The van der Waals surface area contributed by atoms with Crippen molar-refractivity contribution < 1.29 is 27.4 Å². The predicted octanol–water partition coefficient (Wildman–Crippen LogP) is 6.34. The standard InChI is InChI=1S/C26H25BrClNO6S/c1-4-34-21-11-9-20(10-12-21)29(36(31,32)22-13-7-19(28)8-14-22)25(30)15-6-18-16-23(27)26(35-5-2)24(17-18)33-3/h6-17H,4-5H2,1-3H3/b15-6+. The van der Waals surface area contributed by atoms with Gasteiger partial charge in [0.1, 0.15) is 5.75 Å². The molecule has 0 aliphatic carbocycles. The Morgan fingerprint density at radius 2 is 1.64 bits per heavy atom. The lowest BCUT2D eigenvalue weighted by Gasteiger charge is -2.22. The fraction of sp³-hybridized carbons (Fsp3) is 0.192. The molecule has 0 spiro atoms. The summed E-state index contributed by atoms with van der Waals surface area (Å²) in [5.41, 5.74) is 0.763. The summed E-state index contributed by atoms with van der Waals surface area (Å²) in [6.45, 7) is 4.60. The maximum Gasteiger partial charge on any atom is 0.271 e. The number of hydrogen-bond acceptors (Lipinski definition) is 6. The average molecular weight is 595 g/mol. The quantitative estimate of drug-likeness (QED) is 0.255. The van der Waals surface area contributed by atoms with Crippen molar-refractivity contribution in [3.63, 3.8) is 0 Å². The summed E-state index contributed by atoms with van der Waals surface area (Å²) in [5, 5.41) is 0.378. The Morgan fingerprint density at radius 1 is 1.00 bits per heavy atom. The van der Waals surface area contributed by atoms with E-state index in [1.807, 2.05) is 13.8 Å². The molecule has 0 N–H and O–H groups in total. The highest BCUT2D eigenvalue weighted by Gasteiger charge is 2.30. The zero-order valence-electron chi connectivity index (χ0n) is 19.9. The summed E-state index contributed by atoms with van der Waals surface area (Å²) in [7, 11) is -2.75. The Bertz CT molecular complexity index is 1340. The Hall–Kier alpha value is -3.01. The van der Waals surface area contributed by atoms with Crippen LogP contribution >= 0.6 is 27.5 Å². The predicted molar refractivity (Wildman–Crippen MR) is 145 cm³/mol. The number of benzene rings is 3. The largest absolute Gasteiger partial charge is 0.494 e. The van der Waals surface area contributed by atoms with Gasteiger partial charge in [-0.2, -0.15) is 4.31 Å². The zero-order valence-corrected chi connectivity index (χ0v) is 23.1. The minimum absolute atomic E-state index is 0.0759. The van der Waals surface area contributed by atoms with E-state index in [9.17, 15) is 13.2 Å². The van der Waals surface area contributed by atoms with Crippen molar-refractivity contribution in [3.8, 4) is 17.2 Å². The van der Waals surface area contributed by atoms with Crippen molar-refractivity contribution in [2.45, 2.75) is 18.7 Å². The maximum atomic E-state index is 13.5. The molecule has 0 atom stereocenters. The fourth-order valence-corrected chi connectivity index (χ4v) is 5.38. The molecular formula is C26H25BrClNO6S. The van der Waals surface area contributed by atoms with Crippen LogP contribution in [0.1, 0.15) is 19.4 Å². The lowest BCUT2D eigenvalue weighted by molar-refractivity contribution is -0.113. The minimum Gasteiger partial charge on any atom is -0.494 e. The Balaban J connectivity index is 2.03. The zero-order chi connectivity index (χ0) is 26.3. The normalized spacial score (nSPS) is 11.4. The van der Waals surface area contributed by atoms with E-state index in [0.29, 0.717) is 45.5 Å². The molecule has 0 unspecified atom stereocenters. The highest BCUT2D eigenvalue weighted by atomic mass is 79.9. The second-order valence-corrected chi connectivity index (χ2v) is 10.4. The molecule has 0 aliphatic rings. The van der Waals surface area contributed by atoms with Crippen molar-refractivity contribution in [2.75, 3.05) is 24.6 Å². The van der Waals surface area contributed by atoms with Gasteiger partial charge in [-0.05, 0) is 102 Å². The highest BCUT2D eigenvalue weighted by Crippen LogP contribution is 2.37. The van der Waals surface area contributed by atoms with E-state index in [1.165, 1.54) is 55.7 Å². The van der Waals surface area contributed by atoms with E-state index in [1.54, 1.807) is 24.3 Å². The molecule has 0 saturated carbocycles. The molecule has 0 heterocycles. The average Bonchev–Trinajstić information content (AvgIpc) is 2.85. The summed E-state index contributed by atoms with van der Waals surface area (Å²) in [4.78, 5) is 13.3. The third kappa shape index (κ3) is 6.40. The van der Waals surface area contributed by atoms with Crippen molar-refractivity contribution >= 4 is 55.2 Å². The lowest BCUT2D eigenvalue weighted by Crippen LogP contribution is -2.35. The van der Waals surface area contributed by atoms with E-state index in [2.05, 4.69) is 15.9 Å². The number of rotatable bonds is 10. The number of halogens is 2. The third-order valence-corrected chi connectivity index (χ3v) is 7.47. The van der Waals surface area contributed by atoms with Crippen LogP contribution in [0.2, 0.25) is 5.02 Å². The van der Waals surface area contributed by atoms with Gasteiger partial charge in [0.2, 0.25) is 0 Å². The summed E-state index contributed by atoms with van der Waals surface area (Å²) in [6.07, 6.45) is 2.69. The van der Waals surface area contributed by atoms with Gasteiger partial charge in [-0.1, -0.05) is 11.6 Å². The van der Waals surface area contributed by atoms with E-state index in [-0.39, 0.29) is 10.6 Å². The molecule has 3 aromatic rings. The number of sulfonamides is 1. The Kier molecular flexibility index (Phi) is 9.42. The van der Waals surface area contributed by atoms with Gasteiger partial charge >= 0.3 is 0 Å². The second-order valence-electron chi connectivity index (χ2n) is 7.29. The van der Waals surface area contributed by atoms with Crippen LogP contribution in [-0.4, -0.2) is 34.6 Å². The fourth-order valence-electron chi connectivity index (χ4n) is 3.30. The maximum absolute atomic E-state index is 13.5. The molecule has 36 heavy (non-hydrogen) atoms. The lowest BCUT2D eigenvalue weighted by atomic mass is 10.2. The van der Waals surface area contributed by atoms with Crippen LogP contribution in [-0.2, 0) is 14.8 Å². The van der Waals surface area contributed by atoms with Gasteiger partial charge in [-0.25, -0.2) is 8.42 Å². The van der Waals surface area contributed by atoms with Gasteiger partial charge in [-0.15, -0.1) is 0 Å². The van der Waals surface area contributed by atoms with Crippen LogP contribution in [0.5, 0.6) is 17.2 Å². The summed E-state index contributed by atoms with van der Waals surface area (Å²) in [5.74, 6) is 0.790. The van der Waals surface area contributed by atoms with Crippen molar-refractivity contribution in [1.82, 2.24) is 0 Å². The molecule has 0 bridgehead atoms. The first-order valence-electron chi connectivity index (χ1n) is 11.0. The first kappa shape index (κ1) is 27.6. The minimum atomic E-state index is -4.26. The molecule has 190 valence electrons. The van der Waals surface area contributed by atoms with Gasteiger partial charge in [-0.3, -0.25) is 4.79 Å². The van der Waals surface area contributed by atoms with E-state index in [0.717, 1.165) is 4.31 Å². The van der Waals surface area contributed by atoms with E-state index in [4.69, 9.17) is 25.8 Å². The number of nitrogens with zero attached hydrogens (tertiary/aromatic N) is 1. The van der Waals surface area contributed by atoms with Gasteiger partial charge in [0.25, 0.3) is 15.9 Å². The van der Waals surface area contributed by atoms with Gasteiger partial charge in [0.05, 0.1) is 35.4 Å². The molecule has 7 nitrogen and oxygen atoms in total. The van der Waals surface area contributed by atoms with Crippen LogP contribution in [0.4, 0.5) is 5.69 Å². The molecule has 0 fully saturated rings. The number of hydrogen-bond donors (Lipinski definition) is 0. The summed E-state index contributed by atoms with van der Waals surface area (Å²) in [6, 6.07) is 15.3.